The highest BCUT2D eigenvalue weighted by atomic mass is 32.1. The Labute approximate surface area is 91.4 Å². The Morgan fingerprint density at radius 3 is 2.29 bits per heavy atom. The van der Waals surface area contributed by atoms with Crippen LogP contribution < -0.4 is 11.1 Å². The molecule has 1 amide bonds. The second kappa shape index (κ2) is 5.29. The molecule has 0 aromatic carbocycles. The van der Waals surface area contributed by atoms with Crippen LogP contribution in [0.1, 0.15) is 40.5 Å². The van der Waals surface area contributed by atoms with E-state index in [4.69, 9.17) is 18.0 Å². The molecule has 4 heteroatoms. The van der Waals surface area contributed by atoms with Gasteiger partial charge in [-0.05, 0) is 12.8 Å². The summed E-state index contributed by atoms with van der Waals surface area (Å²) in [5.74, 6) is 0.0136. The fourth-order valence-electron chi connectivity index (χ4n) is 0.889. The third kappa shape index (κ3) is 3.62. The zero-order valence-electron chi connectivity index (χ0n) is 9.39. The summed E-state index contributed by atoms with van der Waals surface area (Å²) in [6.45, 7) is 7.76. The molecule has 0 heterocycles. The molecule has 0 spiro atoms. The average Bonchev–Trinajstić information content (AvgIpc) is 2.12. The summed E-state index contributed by atoms with van der Waals surface area (Å²) in [5.41, 5.74) is 5.15. The summed E-state index contributed by atoms with van der Waals surface area (Å²) in [5, 5.41) is 2.85. The van der Waals surface area contributed by atoms with Crippen molar-refractivity contribution in [1.29, 1.82) is 0 Å². The van der Waals surface area contributed by atoms with Crippen molar-refractivity contribution in [3.63, 3.8) is 0 Å². The van der Waals surface area contributed by atoms with E-state index in [0.29, 0.717) is 4.99 Å². The second-order valence-electron chi connectivity index (χ2n) is 4.07. The van der Waals surface area contributed by atoms with Crippen LogP contribution in [0.25, 0.3) is 0 Å². The van der Waals surface area contributed by atoms with E-state index in [0.717, 1.165) is 12.8 Å². The first-order chi connectivity index (χ1) is 6.35. The Hall–Kier alpha value is -0.640. The van der Waals surface area contributed by atoms with Crippen LogP contribution in [0.3, 0.4) is 0 Å². The molecular formula is C10H20N2OS. The van der Waals surface area contributed by atoms with Crippen LogP contribution in [0.15, 0.2) is 0 Å². The summed E-state index contributed by atoms with van der Waals surface area (Å²) in [7, 11) is 0. The molecule has 0 aliphatic heterocycles. The standard InChI is InChI=1S/C10H20N2OS/c1-5-7(8(11)14)12-9(13)10(3,4)6-2/h7H,5-6H2,1-4H3,(H2,11,14)(H,12,13). The SMILES string of the molecule is CCC(NC(=O)C(C)(C)CC)C(N)=S. The van der Waals surface area contributed by atoms with Crippen LogP contribution in [0.4, 0.5) is 0 Å². The molecule has 3 N–H and O–H groups in total. The second-order valence-corrected chi connectivity index (χ2v) is 4.55. The number of carbonyl (C=O) groups excluding carboxylic acids is 1. The molecule has 0 saturated heterocycles. The van der Waals surface area contributed by atoms with Crippen LogP contribution in [0, 0.1) is 5.41 Å². The fourth-order valence-corrected chi connectivity index (χ4v) is 1.11. The normalized spacial score (nSPS) is 13.4. The number of nitrogens with one attached hydrogen (secondary N) is 1. The van der Waals surface area contributed by atoms with Crippen LogP contribution in [0.5, 0.6) is 0 Å². The van der Waals surface area contributed by atoms with Crippen LogP contribution in [-0.4, -0.2) is 16.9 Å². The molecule has 3 nitrogen and oxygen atoms in total. The zero-order valence-corrected chi connectivity index (χ0v) is 10.2. The van der Waals surface area contributed by atoms with E-state index in [9.17, 15) is 4.79 Å². The van der Waals surface area contributed by atoms with E-state index in [1.54, 1.807) is 0 Å². The minimum atomic E-state index is -0.349. The monoisotopic (exact) mass is 216 g/mol. The third-order valence-electron chi connectivity index (χ3n) is 2.56. The summed E-state index contributed by atoms with van der Waals surface area (Å²) < 4.78 is 0. The molecule has 0 radical (unpaired) electrons. The van der Waals surface area contributed by atoms with Gasteiger partial charge in [0.15, 0.2) is 0 Å². The van der Waals surface area contributed by atoms with Gasteiger partial charge in [0.1, 0.15) is 0 Å². The lowest BCUT2D eigenvalue weighted by Gasteiger charge is -2.25. The van der Waals surface area contributed by atoms with E-state index in [1.807, 2.05) is 27.7 Å². The average molecular weight is 216 g/mol. The maximum absolute atomic E-state index is 11.7. The molecule has 14 heavy (non-hydrogen) atoms. The molecule has 0 aliphatic rings. The molecule has 0 aromatic rings. The van der Waals surface area contributed by atoms with Gasteiger partial charge in [-0.2, -0.15) is 0 Å². The van der Waals surface area contributed by atoms with Crippen LogP contribution >= 0.6 is 12.2 Å². The van der Waals surface area contributed by atoms with E-state index >= 15 is 0 Å². The van der Waals surface area contributed by atoms with Gasteiger partial charge >= 0.3 is 0 Å². The van der Waals surface area contributed by atoms with Gasteiger partial charge in [-0.25, -0.2) is 0 Å². The lowest BCUT2D eigenvalue weighted by atomic mass is 9.89. The van der Waals surface area contributed by atoms with Crippen LogP contribution in [0.2, 0.25) is 0 Å². The number of carbonyl (C=O) groups is 1. The Bertz CT molecular complexity index is 226. The largest absolute Gasteiger partial charge is 0.392 e. The summed E-state index contributed by atoms with van der Waals surface area (Å²) in [6, 6.07) is -0.177. The van der Waals surface area contributed by atoms with Crippen molar-refractivity contribution in [2.75, 3.05) is 0 Å². The smallest absolute Gasteiger partial charge is 0.226 e. The van der Waals surface area contributed by atoms with Gasteiger partial charge in [0, 0.05) is 5.41 Å². The highest BCUT2D eigenvalue weighted by Crippen LogP contribution is 2.19. The summed E-state index contributed by atoms with van der Waals surface area (Å²) in [4.78, 5) is 12.1. The Kier molecular flexibility index (Phi) is 5.05. The molecule has 0 saturated carbocycles. The first-order valence-corrected chi connectivity index (χ1v) is 5.36. The quantitative estimate of drug-likeness (QED) is 0.686. The summed E-state index contributed by atoms with van der Waals surface area (Å²) in [6.07, 6.45) is 1.54. The van der Waals surface area contributed by atoms with Crippen molar-refractivity contribution >= 4 is 23.1 Å². The fraction of sp³-hybridized carbons (Fsp3) is 0.800. The van der Waals surface area contributed by atoms with Crippen molar-refractivity contribution in [2.24, 2.45) is 11.1 Å². The minimum absolute atomic E-state index is 0.0136. The first kappa shape index (κ1) is 13.4. The van der Waals surface area contributed by atoms with Gasteiger partial charge in [0.25, 0.3) is 0 Å². The lowest BCUT2D eigenvalue weighted by molar-refractivity contribution is -0.129. The number of rotatable bonds is 5. The zero-order chi connectivity index (χ0) is 11.4. The number of nitrogens with two attached hydrogens (primary N) is 1. The molecule has 1 atom stereocenters. The van der Waals surface area contributed by atoms with Gasteiger partial charge < -0.3 is 11.1 Å². The predicted molar refractivity (Wildman–Crippen MR) is 63.1 cm³/mol. The lowest BCUT2D eigenvalue weighted by Crippen LogP contribution is -2.47. The number of thiocarbonyl (C=S) groups is 1. The highest BCUT2D eigenvalue weighted by molar-refractivity contribution is 7.80. The molecule has 0 bridgehead atoms. The Balaban J connectivity index is 4.37. The molecule has 0 rings (SSSR count). The third-order valence-corrected chi connectivity index (χ3v) is 2.84. The van der Waals surface area contributed by atoms with Crippen molar-refractivity contribution in [1.82, 2.24) is 5.32 Å². The van der Waals surface area contributed by atoms with Gasteiger partial charge in [-0.3, -0.25) is 4.79 Å². The predicted octanol–water partition coefficient (Wildman–Crippen LogP) is 1.60. The Morgan fingerprint density at radius 1 is 1.50 bits per heavy atom. The summed E-state index contributed by atoms with van der Waals surface area (Å²) >= 11 is 4.86. The highest BCUT2D eigenvalue weighted by Gasteiger charge is 2.27. The van der Waals surface area contributed by atoms with Crippen molar-refractivity contribution < 1.29 is 4.79 Å². The van der Waals surface area contributed by atoms with E-state index in [-0.39, 0.29) is 17.4 Å². The van der Waals surface area contributed by atoms with E-state index < -0.39 is 0 Å². The van der Waals surface area contributed by atoms with Gasteiger partial charge in [-0.15, -0.1) is 0 Å². The molecular weight excluding hydrogens is 196 g/mol. The molecule has 1 unspecified atom stereocenters. The van der Waals surface area contributed by atoms with E-state index in [2.05, 4.69) is 5.32 Å². The van der Waals surface area contributed by atoms with Crippen molar-refractivity contribution in [3.8, 4) is 0 Å². The maximum Gasteiger partial charge on any atom is 0.226 e. The maximum atomic E-state index is 11.7. The van der Waals surface area contributed by atoms with E-state index in [1.165, 1.54) is 0 Å². The number of hydrogen-bond donors (Lipinski definition) is 2. The van der Waals surface area contributed by atoms with Gasteiger partial charge in [0.2, 0.25) is 5.91 Å². The topological polar surface area (TPSA) is 55.1 Å². The van der Waals surface area contributed by atoms with Gasteiger partial charge in [-0.1, -0.05) is 39.9 Å². The first-order valence-electron chi connectivity index (χ1n) is 4.95. The van der Waals surface area contributed by atoms with Crippen molar-refractivity contribution in [2.45, 2.75) is 46.6 Å². The number of hydrogen-bond acceptors (Lipinski definition) is 2. The number of amides is 1. The van der Waals surface area contributed by atoms with Crippen molar-refractivity contribution in [3.05, 3.63) is 0 Å². The Morgan fingerprint density at radius 2 is 2.00 bits per heavy atom. The van der Waals surface area contributed by atoms with Gasteiger partial charge in [0.05, 0.1) is 11.0 Å². The molecule has 0 aliphatic carbocycles. The minimum Gasteiger partial charge on any atom is -0.392 e. The van der Waals surface area contributed by atoms with Crippen LogP contribution in [-0.2, 0) is 4.79 Å². The molecule has 82 valence electrons. The molecule has 0 fully saturated rings. The molecule has 0 aromatic heterocycles.